The molecule has 0 aliphatic carbocycles. The van der Waals surface area contributed by atoms with Gasteiger partial charge in [-0.2, -0.15) is 0 Å². The molecular formula is C11H22N4O. The maximum absolute atomic E-state index is 5.56. The van der Waals surface area contributed by atoms with E-state index in [1.807, 2.05) is 17.8 Å². The van der Waals surface area contributed by atoms with Gasteiger partial charge in [-0.25, -0.2) is 4.98 Å². The average Bonchev–Trinajstić information content (AvgIpc) is 2.63. The van der Waals surface area contributed by atoms with Crippen LogP contribution in [0, 0.1) is 0 Å². The van der Waals surface area contributed by atoms with Crippen LogP contribution >= 0.6 is 0 Å². The number of nitrogens with zero attached hydrogens (tertiary/aromatic N) is 2. The zero-order valence-electron chi connectivity index (χ0n) is 10.5. The highest BCUT2D eigenvalue weighted by molar-refractivity contribution is 4.95. The zero-order valence-corrected chi connectivity index (χ0v) is 10.5. The van der Waals surface area contributed by atoms with Crippen molar-refractivity contribution in [1.29, 1.82) is 0 Å². The Morgan fingerprint density at radius 1 is 1.62 bits per heavy atom. The number of hydrogen-bond donors (Lipinski definition) is 2. The summed E-state index contributed by atoms with van der Waals surface area (Å²) in [4.78, 5) is 4.29. The Balaban J connectivity index is 2.59. The molecular weight excluding hydrogens is 204 g/mol. The molecule has 1 aromatic rings. The van der Waals surface area contributed by atoms with Crippen molar-refractivity contribution in [2.24, 2.45) is 12.9 Å². The van der Waals surface area contributed by atoms with E-state index < -0.39 is 0 Å². The van der Waals surface area contributed by atoms with E-state index in [1.165, 1.54) is 0 Å². The number of hydrazine groups is 1. The van der Waals surface area contributed by atoms with Crippen LogP contribution in [0.15, 0.2) is 12.4 Å². The van der Waals surface area contributed by atoms with Gasteiger partial charge in [0.1, 0.15) is 5.82 Å². The quantitative estimate of drug-likeness (QED) is 0.551. The van der Waals surface area contributed by atoms with Crippen molar-refractivity contribution in [2.75, 3.05) is 7.11 Å². The van der Waals surface area contributed by atoms with Gasteiger partial charge in [-0.3, -0.25) is 11.3 Å². The largest absolute Gasteiger partial charge is 0.379 e. The molecule has 0 aliphatic rings. The first-order valence-corrected chi connectivity index (χ1v) is 5.46. The van der Waals surface area contributed by atoms with Gasteiger partial charge < -0.3 is 9.30 Å². The second-order valence-electron chi connectivity index (χ2n) is 4.69. The van der Waals surface area contributed by atoms with Crippen molar-refractivity contribution in [3.05, 3.63) is 18.2 Å². The molecule has 3 N–H and O–H groups in total. The van der Waals surface area contributed by atoms with Gasteiger partial charge in [0.05, 0.1) is 5.60 Å². The van der Waals surface area contributed by atoms with Crippen LogP contribution in [-0.4, -0.2) is 28.3 Å². The minimum Gasteiger partial charge on any atom is -0.379 e. The van der Waals surface area contributed by atoms with Gasteiger partial charge in [-0.1, -0.05) is 0 Å². The van der Waals surface area contributed by atoms with Crippen LogP contribution in [0.25, 0.3) is 0 Å². The number of rotatable bonds is 6. The lowest BCUT2D eigenvalue weighted by Gasteiger charge is -2.28. The van der Waals surface area contributed by atoms with Crippen LogP contribution in [0.4, 0.5) is 0 Å². The van der Waals surface area contributed by atoms with Crippen LogP contribution < -0.4 is 11.3 Å². The molecule has 1 unspecified atom stereocenters. The molecule has 0 radical (unpaired) electrons. The molecule has 0 fully saturated rings. The SMILES string of the molecule is COC(C)(C)CC(Cc1nccn1C)NN. The topological polar surface area (TPSA) is 65.1 Å². The summed E-state index contributed by atoms with van der Waals surface area (Å²) >= 11 is 0. The number of nitrogens with two attached hydrogens (primary N) is 1. The third-order valence-corrected chi connectivity index (χ3v) is 2.88. The number of methoxy groups -OCH3 is 1. The molecule has 0 spiro atoms. The fourth-order valence-corrected chi connectivity index (χ4v) is 1.68. The minimum atomic E-state index is -0.178. The van der Waals surface area contributed by atoms with Gasteiger partial charge >= 0.3 is 0 Å². The molecule has 0 aliphatic heterocycles. The maximum atomic E-state index is 5.56. The smallest absolute Gasteiger partial charge is 0.109 e. The predicted molar refractivity (Wildman–Crippen MR) is 63.7 cm³/mol. The minimum absolute atomic E-state index is 0.163. The summed E-state index contributed by atoms with van der Waals surface area (Å²) in [5, 5.41) is 0. The first kappa shape index (κ1) is 13.2. The number of aromatic nitrogens is 2. The Morgan fingerprint density at radius 3 is 2.75 bits per heavy atom. The van der Waals surface area contributed by atoms with Crippen LogP contribution in [0.1, 0.15) is 26.1 Å². The molecule has 1 heterocycles. The van der Waals surface area contributed by atoms with E-state index in [1.54, 1.807) is 13.3 Å². The van der Waals surface area contributed by atoms with Crippen molar-refractivity contribution < 1.29 is 4.74 Å². The first-order chi connectivity index (χ1) is 7.48. The molecule has 92 valence electrons. The number of ether oxygens (including phenoxy) is 1. The van der Waals surface area contributed by atoms with E-state index in [0.29, 0.717) is 0 Å². The summed E-state index contributed by atoms with van der Waals surface area (Å²) in [5.74, 6) is 6.58. The van der Waals surface area contributed by atoms with Crippen LogP contribution in [-0.2, 0) is 18.2 Å². The Labute approximate surface area is 97.0 Å². The van der Waals surface area contributed by atoms with Gasteiger partial charge in [0, 0.05) is 39.0 Å². The number of aryl methyl sites for hydroxylation is 1. The zero-order chi connectivity index (χ0) is 12.2. The lowest BCUT2D eigenvalue weighted by atomic mass is 9.97. The molecule has 5 nitrogen and oxygen atoms in total. The van der Waals surface area contributed by atoms with E-state index in [-0.39, 0.29) is 11.6 Å². The first-order valence-electron chi connectivity index (χ1n) is 5.46. The summed E-state index contributed by atoms with van der Waals surface area (Å²) in [6, 6.07) is 0.163. The van der Waals surface area contributed by atoms with E-state index in [2.05, 4.69) is 24.3 Å². The molecule has 0 amide bonds. The summed E-state index contributed by atoms with van der Waals surface area (Å²) < 4.78 is 7.40. The van der Waals surface area contributed by atoms with Crippen molar-refractivity contribution in [2.45, 2.75) is 38.3 Å². The third kappa shape index (κ3) is 3.59. The summed E-state index contributed by atoms with van der Waals surface area (Å²) in [7, 11) is 3.70. The molecule has 0 saturated carbocycles. The van der Waals surface area contributed by atoms with Crippen LogP contribution in [0.5, 0.6) is 0 Å². The van der Waals surface area contributed by atoms with Crippen molar-refractivity contribution in [3.8, 4) is 0 Å². The Hall–Kier alpha value is -0.910. The van der Waals surface area contributed by atoms with Crippen molar-refractivity contribution in [1.82, 2.24) is 15.0 Å². The molecule has 5 heteroatoms. The molecule has 1 aromatic heterocycles. The van der Waals surface area contributed by atoms with Gasteiger partial charge in [0.25, 0.3) is 0 Å². The molecule has 1 atom stereocenters. The standard InChI is InChI=1S/C11H22N4O/c1-11(2,16-4)8-9(14-12)7-10-13-5-6-15(10)3/h5-6,9,14H,7-8,12H2,1-4H3. The van der Waals surface area contributed by atoms with E-state index in [0.717, 1.165) is 18.7 Å². The number of imidazole rings is 1. The molecule has 1 rings (SSSR count). The normalized spacial score (nSPS) is 14.1. The van der Waals surface area contributed by atoms with E-state index in [9.17, 15) is 0 Å². The Morgan fingerprint density at radius 2 is 2.31 bits per heavy atom. The summed E-state index contributed by atoms with van der Waals surface area (Å²) in [6.45, 7) is 4.10. The van der Waals surface area contributed by atoms with Gasteiger partial charge in [-0.15, -0.1) is 0 Å². The highest BCUT2D eigenvalue weighted by atomic mass is 16.5. The highest BCUT2D eigenvalue weighted by Crippen LogP contribution is 2.17. The Bertz CT molecular complexity index is 322. The molecule has 16 heavy (non-hydrogen) atoms. The second kappa shape index (κ2) is 5.43. The summed E-state index contributed by atoms with van der Waals surface area (Å²) in [6.07, 6.45) is 5.37. The average molecular weight is 226 g/mol. The number of nitrogens with one attached hydrogen (secondary N) is 1. The summed E-state index contributed by atoms with van der Waals surface area (Å²) in [5.41, 5.74) is 2.65. The third-order valence-electron chi connectivity index (χ3n) is 2.88. The molecule has 0 saturated heterocycles. The van der Waals surface area contributed by atoms with Gasteiger partial charge in [0.2, 0.25) is 0 Å². The van der Waals surface area contributed by atoms with Gasteiger partial charge in [-0.05, 0) is 20.3 Å². The Kier molecular flexibility index (Phi) is 4.46. The second-order valence-corrected chi connectivity index (χ2v) is 4.69. The monoisotopic (exact) mass is 226 g/mol. The van der Waals surface area contributed by atoms with Gasteiger partial charge in [0.15, 0.2) is 0 Å². The maximum Gasteiger partial charge on any atom is 0.109 e. The highest BCUT2D eigenvalue weighted by Gasteiger charge is 2.23. The van der Waals surface area contributed by atoms with Crippen molar-refractivity contribution >= 4 is 0 Å². The predicted octanol–water partition coefficient (Wildman–Crippen LogP) is 0.610. The number of hydrogen-bond acceptors (Lipinski definition) is 4. The lowest BCUT2D eigenvalue weighted by Crippen LogP contribution is -2.43. The van der Waals surface area contributed by atoms with Crippen LogP contribution in [0.2, 0.25) is 0 Å². The molecule has 0 bridgehead atoms. The van der Waals surface area contributed by atoms with E-state index in [4.69, 9.17) is 10.6 Å². The van der Waals surface area contributed by atoms with Crippen LogP contribution in [0.3, 0.4) is 0 Å². The van der Waals surface area contributed by atoms with E-state index >= 15 is 0 Å². The van der Waals surface area contributed by atoms with Crippen molar-refractivity contribution in [3.63, 3.8) is 0 Å². The fraction of sp³-hybridized carbons (Fsp3) is 0.727. The fourth-order valence-electron chi connectivity index (χ4n) is 1.68. The molecule has 0 aromatic carbocycles. The lowest BCUT2D eigenvalue weighted by molar-refractivity contribution is 0.00691.